The summed E-state index contributed by atoms with van der Waals surface area (Å²) in [5.41, 5.74) is 0. The van der Waals surface area contributed by atoms with Crippen LogP contribution in [-0.4, -0.2) is 49.8 Å². The third-order valence-electron chi connectivity index (χ3n) is 3.15. The molecular weight excluding hydrogens is 212 g/mol. The summed E-state index contributed by atoms with van der Waals surface area (Å²) in [7, 11) is 1.77. The minimum Gasteiger partial charge on any atom is -0.383 e. The summed E-state index contributed by atoms with van der Waals surface area (Å²) >= 11 is 0. The lowest BCUT2D eigenvalue weighted by molar-refractivity contribution is 0.0743. The molecule has 0 aromatic rings. The lowest BCUT2D eigenvalue weighted by Gasteiger charge is -2.38. The Morgan fingerprint density at radius 1 is 1.06 bits per heavy atom. The van der Waals surface area contributed by atoms with Gasteiger partial charge in [0.2, 0.25) is 0 Å². The van der Waals surface area contributed by atoms with Gasteiger partial charge in [-0.05, 0) is 19.8 Å². The molecule has 0 radical (unpaired) electrons. The number of hydrogen-bond donors (Lipinski definition) is 1. The van der Waals surface area contributed by atoms with Gasteiger partial charge in [-0.1, -0.05) is 27.7 Å². The number of rotatable bonds is 9. The van der Waals surface area contributed by atoms with E-state index in [1.165, 1.54) is 0 Å². The predicted octanol–water partition coefficient (Wildman–Crippen LogP) is 2.37. The Bertz CT molecular complexity index is 181. The lowest BCUT2D eigenvalue weighted by Crippen LogP contribution is -2.50. The Kier molecular flexibility index (Phi) is 8.83. The molecule has 104 valence electrons. The highest BCUT2D eigenvalue weighted by molar-refractivity contribution is 4.80. The minimum atomic E-state index is 0.549. The van der Waals surface area contributed by atoms with Gasteiger partial charge in [0, 0.05) is 38.3 Å². The van der Waals surface area contributed by atoms with E-state index in [1.807, 2.05) is 0 Å². The number of ether oxygens (including phenoxy) is 1. The quantitative estimate of drug-likeness (QED) is 0.674. The van der Waals surface area contributed by atoms with Crippen LogP contribution in [0.1, 0.15) is 41.5 Å². The van der Waals surface area contributed by atoms with Gasteiger partial charge in [0.25, 0.3) is 0 Å². The van der Waals surface area contributed by atoms with Crippen LogP contribution in [0.5, 0.6) is 0 Å². The smallest absolute Gasteiger partial charge is 0.0589 e. The van der Waals surface area contributed by atoms with Crippen molar-refractivity contribution in [1.29, 1.82) is 0 Å². The highest BCUT2D eigenvalue weighted by Gasteiger charge is 2.23. The van der Waals surface area contributed by atoms with E-state index in [2.05, 4.69) is 51.8 Å². The van der Waals surface area contributed by atoms with Crippen molar-refractivity contribution in [3.63, 3.8) is 0 Å². The molecule has 0 aliphatic rings. The molecule has 0 saturated carbocycles. The fourth-order valence-corrected chi connectivity index (χ4v) is 2.10. The second-order valence-corrected chi connectivity index (χ2v) is 5.70. The number of hydrogen-bond acceptors (Lipinski definition) is 3. The van der Waals surface area contributed by atoms with E-state index in [1.54, 1.807) is 7.11 Å². The van der Waals surface area contributed by atoms with Crippen LogP contribution >= 0.6 is 0 Å². The summed E-state index contributed by atoms with van der Waals surface area (Å²) in [6, 6.07) is 1.69. The highest BCUT2D eigenvalue weighted by Crippen LogP contribution is 2.13. The molecule has 0 aromatic carbocycles. The van der Waals surface area contributed by atoms with E-state index in [4.69, 9.17) is 4.74 Å². The van der Waals surface area contributed by atoms with Gasteiger partial charge in [-0.15, -0.1) is 0 Å². The zero-order valence-corrected chi connectivity index (χ0v) is 12.8. The molecule has 1 unspecified atom stereocenters. The van der Waals surface area contributed by atoms with Gasteiger partial charge in [-0.2, -0.15) is 0 Å². The van der Waals surface area contributed by atoms with Gasteiger partial charge in [-0.3, -0.25) is 4.90 Å². The van der Waals surface area contributed by atoms with Crippen molar-refractivity contribution in [2.24, 2.45) is 5.92 Å². The molecular formula is C14H32N2O. The zero-order chi connectivity index (χ0) is 13.4. The average molecular weight is 244 g/mol. The maximum absolute atomic E-state index is 5.22. The lowest BCUT2D eigenvalue weighted by atomic mass is 10.0. The van der Waals surface area contributed by atoms with Crippen molar-refractivity contribution >= 4 is 0 Å². The summed E-state index contributed by atoms with van der Waals surface area (Å²) < 4.78 is 5.22. The van der Waals surface area contributed by atoms with Gasteiger partial charge in [0.15, 0.2) is 0 Å². The number of nitrogens with zero attached hydrogens (tertiary/aromatic N) is 1. The molecule has 0 aliphatic carbocycles. The molecule has 1 N–H and O–H groups in total. The predicted molar refractivity (Wildman–Crippen MR) is 75.5 cm³/mol. The summed E-state index contributed by atoms with van der Waals surface area (Å²) in [6.45, 7) is 16.4. The van der Waals surface area contributed by atoms with E-state index >= 15 is 0 Å². The second-order valence-electron chi connectivity index (χ2n) is 5.70. The van der Waals surface area contributed by atoms with Crippen LogP contribution in [0.4, 0.5) is 0 Å². The molecule has 0 heterocycles. The monoisotopic (exact) mass is 244 g/mol. The molecule has 3 heteroatoms. The Labute approximate surface area is 108 Å². The first-order valence-corrected chi connectivity index (χ1v) is 6.88. The Balaban J connectivity index is 4.47. The van der Waals surface area contributed by atoms with E-state index in [-0.39, 0.29) is 0 Å². The Hall–Kier alpha value is -0.120. The summed E-state index contributed by atoms with van der Waals surface area (Å²) in [5, 5.41) is 3.56. The van der Waals surface area contributed by atoms with Gasteiger partial charge in [0.1, 0.15) is 0 Å². The molecule has 0 aliphatic heterocycles. The van der Waals surface area contributed by atoms with Crippen LogP contribution in [0.15, 0.2) is 0 Å². The van der Waals surface area contributed by atoms with Crippen molar-refractivity contribution in [3.8, 4) is 0 Å². The molecule has 0 fully saturated rings. The average Bonchev–Trinajstić information content (AvgIpc) is 2.21. The van der Waals surface area contributed by atoms with E-state index in [9.17, 15) is 0 Å². The molecule has 0 bridgehead atoms. The fourth-order valence-electron chi connectivity index (χ4n) is 2.10. The van der Waals surface area contributed by atoms with Crippen molar-refractivity contribution in [2.75, 3.05) is 26.8 Å². The zero-order valence-electron chi connectivity index (χ0n) is 12.8. The maximum Gasteiger partial charge on any atom is 0.0589 e. The van der Waals surface area contributed by atoms with Crippen molar-refractivity contribution in [2.45, 2.75) is 59.7 Å². The van der Waals surface area contributed by atoms with Gasteiger partial charge in [-0.25, -0.2) is 0 Å². The topological polar surface area (TPSA) is 24.5 Å². The minimum absolute atomic E-state index is 0.549. The van der Waals surface area contributed by atoms with Crippen molar-refractivity contribution < 1.29 is 4.74 Å². The number of methoxy groups -OCH3 is 1. The molecule has 3 nitrogen and oxygen atoms in total. The molecule has 0 spiro atoms. The highest BCUT2D eigenvalue weighted by atomic mass is 16.5. The SMILES string of the molecule is COCCN(C(C)C)C(CNC(C)C)C(C)C. The third kappa shape index (κ3) is 7.02. The van der Waals surface area contributed by atoms with E-state index in [0.717, 1.165) is 19.7 Å². The van der Waals surface area contributed by atoms with Crippen molar-refractivity contribution in [1.82, 2.24) is 10.2 Å². The first-order chi connectivity index (χ1) is 7.90. The second kappa shape index (κ2) is 8.90. The standard InChI is InChI=1S/C14H32N2O/c1-11(2)14(10-15-12(3)4)16(13(5)6)8-9-17-7/h11-15H,8-10H2,1-7H3. The summed E-state index contributed by atoms with van der Waals surface area (Å²) in [5.74, 6) is 0.653. The van der Waals surface area contributed by atoms with Crippen molar-refractivity contribution in [3.05, 3.63) is 0 Å². The van der Waals surface area contributed by atoms with Crippen LogP contribution in [0.3, 0.4) is 0 Å². The van der Waals surface area contributed by atoms with Gasteiger partial charge in [0.05, 0.1) is 6.61 Å². The molecule has 0 aromatic heterocycles. The first-order valence-electron chi connectivity index (χ1n) is 6.88. The van der Waals surface area contributed by atoms with Crippen LogP contribution in [-0.2, 0) is 4.74 Å². The molecule has 17 heavy (non-hydrogen) atoms. The Morgan fingerprint density at radius 2 is 1.65 bits per heavy atom. The van der Waals surface area contributed by atoms with Crippen LogP contribution < -0.4 is 5.32 Å². The molecule has 0 saturated heterocycles. The fraction of sp³-hybridized carbons (Fsp3) is 1.00. The van der Waals surface area contributed by atoms with E-state index < -0.39 is 0 Å². The van der Waals surface area contributed by atoms with Gasteiger partial charge < -0.3 is 10.1 Å². The summed E-state index contributed by atoms with van der Waals surface area (Å²) in [6.07, 6.45) is 0. The molecule has 0 amide bonds. The van der Waals surface area contributed by atoms with Crippen LogP contribution in [0.25, 0.3) is 0 Å². The third-order valence-corrected chi connectivity index (χ3v) is 3.15. The normalized spacial score (nSPS) is 14.3. The molecule has 0 rings (SSSR count). The summed E-state index contributed by atoms with van der Waals surface area (Å²) in [4.78, 5) is 2.55. The first kappa shape index (κ1) is 16.9. The number of nitrogens with one attached hydrogen (secondary N) is 1. The maximum atomic E-state index is 5.22. The van der Waals surface area contributed by atoms with Gasteiger partial charge >= 0.3 is 0 Å². The Morgan fingerprint density at radius 3 is 2.00 bits per heavy atom. The molecule has 1 atom stereocenters. The van der Waals surface area contributed by atoms with Crippen LogP contribution in [0, 0.1) is 5.92 Å². The van der Waals surface area contributed by atoms with Crippen LogP contribution in [0.2, 0.25) is 0 Å². The largest absolute Gasteiger partial charge is 0.383 e. The van der Waals surface area contributed by atoms with E-state index in [0.29, 0.717) is 24.0 Å².